The SMILES string of the molecule is COC(=O)[C@](Nc1ccccc1C)(c1cc(C)c(O)c(C)c1)C(F)(F)F. The standard InChI is InChI=1S/C19H20F3NO3/c1-11-7-5-6-8-15(11)23-18(17(25)26-4,19(20,21)22)14-9-12(2)16(24)13(3)10-14/h5-10,23-24H,1-4H3/t18-/m1/s1. The van der Waals surface area contributed by atoms with Gasteiger partial charge in [0.05, 0.1) is 7.11 Å². The quantitative estimate of drug-likeness (QED) is 0.789. The molecule has 0 saturated heterocycles. The molecule has 0 bridgehead atoms. The summed E-state index contributed by atoms with van der Waals surface area (Å²) < 4.78 is 47.3. The second-order valence-electron chi connectivity index (χ2n) is 6.14. The minimum absolute atomic E-state index is 0.120. The van der Waals surface area contributed by atoms with Gasteiger partial charge in [-0.2, -0.15) is 13.2 Å². The number of carbonyl (C=O) groups is 1. The minimum atomic E-state index is -5.00. The second kappa shape index (κ2) is 6.90. The molecule has 0 fully saturated rings. The van der Waals surface area contributed by atoms with Crippen LogP contribution in [-0.4, -0.2) is 24.4 Å². The van der Waals surface area contributed by atoms with Crippen molar-refractivity contribution in [2.45, 2.75) is 32.5 Å². The van der Waals surface area contributed by atoms with Crippen LogP contribution < -0.4 is 5.32 Å². The number of halogens is 3. The fourth-order valence-corrected chi connectivity index (χ4v) is 2.83. The third-order valence-electron chi connectivity index (χ3n) is 4.31. The van der Waals surface area contributed by atoms with E-state index in [2.05, 4.69) is 10.1 Å². The lowest BCUT2D eigenvalue weighted by molar-refractivity contribution is -0.201. The van der Waals surface area contributed by atoms with Crippen LogP contribution >= 0.6 is 0 Å². The molecule has 0 spiro atoms. The van der Waals surface area contributed by atoms with Gasteiger partial charge in [0.15, 0.2) is 0 Å². The molecule has 7 heteroatoms. The summed E-state index contributed by atoms with van der Waals surface area (Å²) in [6, 6.07) is 8.62. The number of para-hydroxylation sites is 1. The first-order chi connectivity index (χ1) is 12.0. The summed E-state index contributed by atoms with van der Waals surface area (Å²) in [5, 5.41) is 12.3. The van der Waals surface area contributed by atoms with Gasteiger partial charge in [-0.3, -0.25) is 0 Å². The molecule has 0 aliphatic carbocycles. The number of anilines is 1. The van der Waals surface area contributed by atoms with Crippen LogP contribution in [0.3, 0.4) is 0 Å². The average molecular weight is 367 g/mol. The predicted octanol–water partition coefficient (Wildman–Crippen LogP) is 4.36. The van der Waals surface area contributed by atoms with E-state index in [1.54, 1.807) is 25.1 Å². The molecule has 0 unspecified atom stereocenters. The van der Waals surface area contributed by atoms with Crippen LogP contribution in [0.2, 0.25) is 0 Å². The van der Waals surface area contributed by atoms with Crippen molar-refractivity contribution in [2.24, 2.45) is 0 Å². The first kappa shape index (κ1) is 19.6. The van der Waals surface area contributed by atoms with Crippen molar-refractivity contribution >= 4 is 11.7 Å². The Labute approximate surface area is 149 Å². The summed E-state index contributed by atoms with van der Waals surface area (Å²) in [5.74, 6) is -1.61. The Hall–Kier alpha value is -2.70. The molecule has 26 heavy (non-hydrogen) atoms. The Morgan fingerprint density at radius 3 is 2.04 bits per heavy atom. The van der Waals surface area contributed by atoms with E-state index in [0.717, 1.165) is 19.2 Å². The van der Waals surface area contributed by atoms with Crippen molar-refractivity contribution in [1.29, 1.82) is 0 Å². The van der Waals surface area contributed by atoms with Crippen LogP contribution in [0.4, 0.5) is 18.9 Å². The van der Waals surface area contributed by atoms with Gasteiger partial charge in [-0.15, -0.1) is 0 Å². The van der Waals surface area contributed by atoms with E-state index < -0.39 is 17.7 Å². The number of benzene rings is 2. The van der Waals surface area contributed by atoms with E-state index in [-0.39, 0.29) is 28.1 Å². The molecule has 140 valence electrons. The Morgan fingerprint density at radius 1 is 1.04 bits per heavy atom. The van der Waals surface area contributed by atoms with Gasteiger partial charge in [-0.1, -0.05) is 18.2 Å². The number of phenolic OH excluding ortho intramolecular Hbond substituents is 1. The zero-order chi connectivity index (χ0) is 19.7. The highest BCUT2D eigenvalue weighted by Crippen LogP contribution is 2.44. The number of carbonyl (C=O) groups excluding carboxylic acids is 1. The maximum atomic E-state index is 14.3. The smallest absolute Gasteiger partial charge is 0.426 e. The number of aryl methyl sites for hydroxylation is 3. The lowest BCUT2D eigenvalue weighted by Gasteiger charge is -2.36. The Kier molecular flexibility index (Phi) is 5.21. The lowest BCUT2D eigenvalue weighted by atomic mass is 9.86. The maximum absolute atomic E-state index is 14.3. The Balaban J connectivity index is 2.80. The largest absolute Gasteiger partial charge is 0.507 e. The molecule has 2 N–H and O–H groups in total. The predicted molar refractivity (Wildman–Crippen MR) is 92.1 cm³/mol. The molecule has 0 amide bonds. The molecule has 0 aliphatic rings. The molecular weight excluding hydrogens is 347 g/mol. The Bertz CT molecular complexity index is 810. The molecule has 0 saturated carbocycles. The number of alkyl halides is 3. The fraction of sp³-hybridized carbons (Fsp3) is 0.316. The van der Waals surface area contributed by atoms with Crippen molar-refractivity contribution in [3.8, 4) is 5.75 Å². The van der Waals surface area contributed by atoms with Gasteiger partial charge in [0.2, 0.25) is 0 Å². The number of hydrogen-bond donors (Lipinski definition) is 2. The highest BCUT2D eigenvalue weighted by Gasteiger charge is 2.63. The zero-order valence-electron chi connectivity index (χ0n) is 14.9. The molecular formula is C19H20F3NO3. The van der Waals surface area contributed by atoms with Gasteiger partial charge in [0.25, 0.3) is 5.54 Å². The molecule has 0 heterocycles. The van der Waals surface area contributed by atoms with Crippen molar-refractivity contribution in [2.75, 3.05) is 12.4 Å². The van der Waals surface area contributed by atoms with Crippen LogP contribution in [0.25, 0.3) is 0 Å². The van der Waals surface area contributed by atoms with Crippen LogP contribution in [0, 0.1) is 20.8 Å². The number of aromatic hydroxyl groups is 1. The Morgan fingerprint density at radius 2 is 1.58 bits per heavy atom. The third-order valence-corrected chi connectivity index (χ3v) is 4.31. The first-order valence-corrected chi connectivity index (χ1v) is 7.84. The van der Waals surface area contributed by atoms with Crippen LogP contribution in [0.1, 0.15) is 22.3 Å². The van der Waals surface area contributed by atoms with E-state index in [9.17, 15) is 23.1 Å². The van der Waals surface area contributed by atoms with Crippen LogP contribution in [-0.2, 0) is 15.1 Å². The molecule has 2 aromatic rings. The number of ether oxygens (including phenoxy) is 1. The molecule has 0 radical (unpaired) electrons. The lowest BCUT2D eigenvalue weighted by Crippen LogP contribution is -2.56. The van der Waals surface area contributed by atoms with Crippen LogP contribution in [0.5, 0.6) is 5.75 Å². The van der Waals surface area contributed by atoms with Crippen molar-refractivity contribution in [3.05, 3.63) is 58.7 Å². The van der Waals surface area contributed by atoms with E-state index >= 15 is 0 Å². The van der Waals surface area contributed by atoms with Crippen LogP contribution in [0.15, 0.2) is 36.4 Å². The fourth-order valence-electron chi connectivity index (χ4n) is 2.83. The van der Waals surface area contributed by atoms with Gasteiger partial charge in [-0.05, 0) is 61.2 Å². The van der Waals surface area contributed by atoms with Crippen molar-refractivity contribution in [1.82, 2.24) is 0 Å². The molecule has 2 aromatic carbocycles. The summed E-state index contributed by atoms with van der Waals surface area (Å²) in [6.45, 7) is 4.57. The topological polar surface area (TPSA) is 58.6 Å². The molecule has 1 atom stereocenters. The summed E-state index contributed by atoms with van der Waals surface area (Å²) >= 11 is 0. The van der Waals surface area contributed by atoms with Crippen molar-refractivity contribution < 1.29 is 27.8 Å². The maximum Gasteiger partial charge on any atom is 0.426 e. The van der Waals surface area contributed by atoms with Crippen molar-refractivity contribution in [3.63, 3.8) is 0 Å². The zero-order valence-corrected chi connectivity index (χ0v) is 14.9. The van der Waals surface area contributed by atoms with Gasteiger partial charge < -0.3 is 15.2 Å². The average Bonchev–Trinajstić information content (AvgIpc) is 2.56. The normalized spacial score (nSPS) is 13.8. The van der Waals surface area contributed by atoms with Gasteiger partial charge in [0.1, 0.15) is 5.75 Å². The van der Waals surface area contributed by atoms with Gasteiger partial charge >= 0.3 is 12.1 Å². The summed E-state index contributed by atoms with van der Waals surface area (Å²) in [4.78, 5) is 12.4. The second-order valence-corrected chi connectivity index (χ2v) is 6.14. The summed E-state index contributed by atoms with van der Waals surface area (Å²) in [6.07, 6.45) is -5.00. The monoisotopic (exact) mass is 367 g/mol. The molecule has 2 rings (SSSR count). The first-order valence-electron chi connectivity index (χ1n) is 7.84. The van der Waals surface area contributed by atoms with E-state index in [0.29, 0.717) is 5.56 Å². The highest BCUT2D eigenvalue weighted by molar-refractivity contribution is 5.88. The minimum Gasteiger partial charge on any atom is -0.507 e. The molecule has 4 nitrogen and oxygen atoms in total. The van der Waals surface area contributed by atoms with Gasteiger partial charge in [-0.25, -0.2) is 4.79 Å². The number of methoxy groups -OCH3 is 1. The van der Waals surface area contributed by atoms with Gasteiger partial charge in [0, 0.05) is 5.69 Å². The molecule has 0 aliphatic heterocycles. The number of phenols is 1. The molecule has 0 aromatic heterocycles. The number of rotatable bonds is 4. The number of nitrogens with one attached hydrogen (secondary N) is 1. The summed E-state index contributed by atoms with van der Waals surface area (Å²) in [5.41, 5.74) is -2.33. The number of esters is 1. The van der Waals surface area contributed by atoms with E-state index in [1.807, 2.05) is 0 Å². The van der Waals surface area contributed by atoms with E-state index in [1.165, 1.54) is 19.9 Å². The van der Waals surface area contributed by atoms with E-state index in [4.69, 9.17) is 0 Å². The number of hydrogen-bond acceptors (Lipinski definition) is 4. The highest BCUT2D eigenvalue weighted by atomic mass is 19.4. The third kappa shape index (κ3) is 3.21. The summed E-state index contributed by atoms with van der Waals surface area (Å²) in [7, 11) is 0.905.